The minimum atomic E-state index is 0.876. The third-order valence-electron chi connectivity index (χ3n) is 3.36. The van der Waals surface area contributed by atoms with Crippen LogP contribution in [0.1, 0.15) is 11.1 Å². The molecule has 0 N–H and O–H groups in total. The first-order chi connectivity index (χ1) is 8.72. The summed E-state index contributed by atoms with van der Waals surface area (Å²) in [4.78, 5) is 0. The van der Waals surface area contributed by atoms with E-state index in [0.29, 0.717) is 0 Å². The van der Waals surface area contributed by atoms with Crippen LogP contribution in [0.4, 0.5) is 0 Å². The van der Waals surface area contributed by atoms with Crippen LogP contribution < -0.4 is 0 Å². The van der Waals surface area contributed by atoms with E-state index in [4.69, 9.17) is 0 Å². The fourth-order valence-electron chi connectivity index (χ4n) is 2.47. The van der Waals surface area contributed by atoms with Crippen molar-refractivity contribution < 1.29 is 0 Å². The van der Waals surface area contributed by atoms with Gasteiger partial charge in [0, 0.05) is 9.80 Å². The van der Waals surface area contributed by atoms with Crippen LogP contribution in [-0.2, 0) is 5.33 Å². The maximum atomic E-state index is 3.76. The molecule has 2 heteroatoms. The summed E-state index contributed by atoms with van der Waals surface area (Å²) in [6.07, 6.45) is 0. The summed E-state index contributed by atoms with van der Waals surface area (Å²) in [6.45, 7) is 2.14. The molecule has 0 aliphatic rings. The van der Waals surface area contributed by atoms with E-state index >= 15 is 0 Å². The van der Waals surface area contributed by atoms with Gasteiger partial charge in [0.05, 0.1) is 0 Å². The summed E-state index contributed by atoms with van der Waals surface area (Å²) in [5, 5.41) is 6.09. The largest absolute Gasteiger partial charge is 0.0876 e. The minimum Gasteiger partial charge on any atom is -0.0876 e. The third-order valence-corrected chi connectivity index (χ3v) is 4.77. The van der Waals surface area contributed by atoms with Gasteiger partial charge in [-0.05, 0) is 50.0 Å². The van der Waals surface area contributed by atoms with Crippen LogP contribution in [0.5, 0.6) is 0 Å². The molecule has 0 aliphatic heterocycles. The van der Waals surface area contributed by atoms with Gasteiger partial charge >= 0.3 is 0 Å². The zero-order chi connectivity index (χ0) is 12.7. The quantitative estimate of drug-likeness (QED) is 0.369. The van der Waals surface area contributed by atoms with Crippen LogP contribution in [0.25, 0.3) is 21.5 Å². The molecule has 0 aromatic heterocycles. The molecule has 0 spiro atoms. The van der Waals surface area contributed by atoms with E-state index in [1.807, 2.05) is 0 Å². The summed E-state index contributed by atoms with van der Waals surface area (Å²) in [5.41, 5.74) is 2.67. The minimum absolute atomic E-state index is 0.876. The second-order valence-corrected chi connectivity index (χ2v) is 5.87. The van der Waals surface area contributed by atoms with Crippen molar-refractivity contribution >= 4 is 53.4 Å². The molecule has 0 saturated carbocycles. The van der Waals surface area contributed by atoms with Gasteiger partial charge < -0.3 is 0 Å². The zero-order valence-corrected chi connectivity index (χ0v) is 13.2. The molecule has 18 heavy (non-hydrogen) atoms. The Hall–Kier alpha value is -0.860. The maximum absolute atomic E-state index is 3.76. The van der Waals surface area contributed by atoms with Crippen LogP contribution in [0, 0.1) is 6.92 Å². The fourth-order valence-corrected chi connectivity index (χ4v) is 3.77. The van der Waals surface area contributed by atoms with Gasteiger partial charge in [-0.3, -0.25) is 0 Å². The first-order valence-electron chi connectivity index (χ1n) is 5.88. The molecular weight excluding hydrogens is 352 g/mol. The molecule has 0 nitrogen and oxygen atoms in total. The van der Waals surface area contributed by atoms with Crippen molar-refractivity contribution in [3.63, 3.8) is 0 Å². The van der Waals surface area contributed by atoms with Gasteiger partial charge in [-0.1, -0.05) is 64.0 Å². The molecule has 3 aromatic rings. The van der Waals surface area contributed by atoms with Crippen molar-refractivity contribution in [1.82, 2.24) is 0 Å². The van der Waals surface area contributed by atoms with Crippen molar-refractivity contribution in [2.24, 2.45) is 0 Å². The van der Waals surface area contributed by atoms with Crippen molar-refractivity contribution in [1.29, 1.82) is 0 Å². The SMILES string of the molecule is Cc1ccc2c(Br)c3ccccc3c(CBr)c2c1. The number of aryl methyl sites for hydroxylation is 1. The number of halogens is 2. The molecule has 0 amide bonds. The average molecular weight is 364 g/mol. The van der Waals surface area contributed by atoms with E-state index < -0.39 is 0 Å². The fraction of sp³-hybridized carbons (Fsp3) is 0.125. The Morgan fingerprint density at radius 2 is 1.56 bits per heavy atom. The lowest BCUT2D eigenvalue weighted by Gasteiger charge is -2.12. The topological polar surface area (TPSA) is 0 Å². The average Bonchev–Trinajstić information content (AvgIpc) is 2.39. The predicted molar refractivity (Wildman–Crippen MR) is 86.5 cm³/mol. The smallest absolute Gasteiger partial charge is 0.0332 e. The summed E-state index contributed by atoms with van der Waals surface area (Å²) in [7, 11) is 0. The van der Waals surface area contributed by atoms with Crippen molar-refractivity contribution in [3.8, 4) is 0 Å². The standard InChI is InChI=1S/C16H12Br2/c1-10-6-7-13-14(8-10)15(9-17)11-4-2-3-5-12(11)16(13)18/h2-8H,9H2,1H3. The molecule has 0 atom stereocenters. The molecule has 0 radical (unpaired) electrons. The highest BCUT2D eigenvalue weighted by atomic mass is 79.9. The second kappa shape index (κ2) is 4.67. The third kappa shape index (κ3) is 1.79. The predicted octanol–water partition coefficient (Wildman–Crippen LogP) is 5.96. The summed E-state index contributed by atoms with van der Waals surface area (Å²) < 4.78 is 1.19. The van der Waals surface area contributed by atoms with E-state index in [1.165, 1.54) is 37.1 Å². The molecule has 0 unspecified atom stereocenters. The molecular formula is C16H12Br2. The Bertz CT molecular complexity index is 745. The Morgan fingerprint density at radius 1 is 0.889 bits per heavy atom. The van der Waals surface area contributed by atoms with Crippen LogP contribution in [-0.4, -0.2) is 0 Å². The summed E-state index contributed by atoms with van der Waals surface area (Å²) >= 11 is 7.39. The second-order valence-electron chi connectivity index (χ2n) is 4.52. The summed E-state index contributed by atoms with van der Waals surface area (Å²) in [5.74, 6) is 0. The molecule has 3 rings (SSSR count). The van der Waals surface area contributed by atoms with Gasteiger partial charge in [-0.15, -0.1) is 0 Å². The summed E-state index contributed by atoms with van der Waals surface area (Å²) in [6, 6.07) is 15.2. The maximum Gasteiger partial charge on any atom is 0.0332 e. The van der Waals surface area contributed by atoms with Crippen molar-refractivity contribution in [2.75, 3.05) is 0 Å². The molecule has 0 aliphatic carbocycles. The Morgan fingerprint density at radius 3 is 2.28 bits per heavy atom. The van der Waals surface area contributed by atoms with E-state index in [-0.39, 0.29) is 0 Å². The molecule has 90 valence electrons. The van der Waals surface area contributed by atoms with E-state index in [0.717, 1.165) is 5.33 Å². The Labute approximate surface area is 123 Å². The highest BCUT2D eigenvalue weighted by Crippen LogP contribution is 2.37. The molecule has 3 aromatic carbocycles. The van der Waals surface area contributed by atoms with Gasteiger partial charge in [0.2, 0.25) is 0 Å². The normalized spacial score (nSPS) is 11.3. The van der Waals surface area contributed by atoms with E-state index in [1.54, 1.807) is 0 Å². The lowest BCUT2D eigenvalue weighted by atomic mass is 9.96. The highest BCUT2D eigenvalue weighted by Gasteiger charge is 2.11. The van der Waals surface area contributed by atoms with Crippen molar-refractivity contribution in [3.05, 3.63) is 58.1 Å². The van der Waals surface area contributed by atoms with Gasteiger partial charge in [-0.2, -0.15) is 0 Å². The van der Waals surface area contributed by atoms with Gasteiger partial charge in [-0.25, -0.2) is 0 Å². The zero-order valence-electron chi connectivity index (χ0n) is 10.0. The monoisotopic (exact) mass is 362 g/mol. The van der Waals surface area contributed by atoms with Crippen LogP contribution in [0.3, 0.4) is 0 Å². The molecule has 0 bridgehead atoms. The van der Waals surface area contributed by atoms with Crippen LogP contribution in [0.15, 0.2) is 46.9 Å². The van der Waals surface area contributed by atoms with Gasteiger partial charge in [0.25, 0.3) is 0 Å². The van der Waals surface area contributed by atoms with E-state index in [2.05, 4.69) is 81.2 Å². The molecule has 0 heterocycles. The number of alkyl halides is 1. The number of rotatable bonds is 1. The van der Waals surface area contributed by atoms with Crippen LogP contribution >= 0.6 is 31.9 Å². The Balaban J connectivity index is 2.61. The Kier molecular flexibility index (Phi) is 3.16. The number of fused-ring (bicyclic) bond motifs is 2. The lowest BCUT2D eigenvalue weighted by molar-refractivity contribution is 1.47. The molecule has 0 fully saturated rings. The number of hydrogen-bond acceptors (Lipinski definition) is 0. The van der Waals surface area contributed by atoms with Gasteiger partial charge in [0.15, 0.2) is 0 Å². The lowest BCUT2D eigenvalue weighted by Crippen LogP contribution is -1.89. The molecule has 0 saturated heterocycles. The number of hydrogen-bond donors (Lipinski definition) is 0. The van der Waals surface area contributed by atoms with Crippen molar-refractivity contribution in [2.45, 2.75) is 12.3 Å². The first-order valence-corrected chi connectivity index (χ1v) is 7.79. The highest BCUT2D eigenvalue weighted by molar-refractivity contribution is 9.11. The van der Waals surface area contributed by atoms with Gasteiger partial charge in [0.1, 0.15) is 0 Å². The van der Waals surface area contributed by atoms with E-state index in [9.17, 15) is 0 Å². The number of benzene rings is 3. The first kappa shape index (κ1) is 12.2. The van der Waals surface area contributed by atoms with Crippen LogP contribution in [0.2, 0.25) is 0 Å².